The number of rotatable bonds is 7. The van der Waals surface area contributed by atoms with Crippen molar-refractivity contribution in [2.24, 2.45) is 0 Å². The fourth-order valence-electron chi connectivity index (χ4n) is 6.04. The number of esters is 1. The van der Waals surface area contributed by atoms with E-state index in [-0.39, 0.29) is 6.61 Å². The van der Waals surface area contributed by atoms with Gasteiger partial charge in [-0.1, -0.05) is 23.7 Å². The van der Waals surface area contributed by atoms with Crippen LogP contribution in [-0.2, 0) is 14.3 Å². The number of fused-ring (bicyclic) bond motifs is 2. The van der Waals surface area contributed by atoms with Gasteiger partial charge in [0.1, 0.15) is 10.8 Å². The second-order valence-electron chi connectivity index (χ2n) is 12.1. The second kappa shape index (κ2) is 11.7. The molecule has 1 aliphatic heterocycles. The number of hydrogen-bond acceptors (Lipinski definition) is 7. The van der Waals surface area contributed by atoms with E-state index >= 15 is 0 Å². The topological polar surface area (TPSA) is 78.3 Å². The van der Waals surface area contributed by atoms with Gasteiger partial charge < -0.3 is 19.4 Å². The Hall–Kier alpha value is -3.30. The van der Waals surface area contributed by atoms with Crippen LogP contribution in [0.2, 0.25) is 5.02 Å². The van der Waals surface area contributed by atoms with Crippen LogP contribution in [0.3, 0.4) is 0 Å². The van der Waals surface area contributed by atoms with Gasteiger partial charge in [-0.05, 0) is 102 Å². The zero-order valence-electron chi connectivity index (χ0n) is 25.5. The van der Waals surface area contributed by atoms with E-state index in [0.717, 1.165) is 79.4 Å². The highest BCUT2D eigenvalue weighted by Crippen LogP contribution is 2.45. The van der Waals surface area contributed by atoms with E-state index in [4.69, 9.17) is 31.0 Å². The van der Waals surface area contributed by atoms with Crippen LogP contribution in [0.25, 0.3) is 42.9 Å². The predicted octanol–water partition coefficient (Wildman–Crippen LogP) is 8.20. The molecule has 0 unspecified atom stereocenters. The summed E-state index contributed by atoms with van der Waals surface area (Å²) in [5.41, 5.74) is 6.99. The molecule has 1 N–H and O–H groups in total. The molecule has 0 bridgehead atoms. The van der Waals surface area contributed by atoms with Crippen LogP contribution >= 0.6 is 22.9 Å². The largest absolute Gasteiger partial charge is 0.464 e. The zero-order chi connectivity index (χ0) is 30.5. The molecule has 0 amide bonds. The molecule has 1 saturated heterocycles. The standard InChI is InChI=1S/C34H37ClN4O3S/c1-7-41-33(40)30(42-34(4,5)6)28-19(2)16-26-31(29(28)21-8-11-23(35)12-9-21)43-32(38-26)22-10-13-25-27(17-22)39(20(3)37-25)24-14-15-36-18-24/h8-13,16-17,24,30,36H,7,14-15,18H2,1-6H3/t24-,30+/m1/s1. The molecule has 0 radical (unpaired) electrons. The van der Waals surface area contributed by atoms with Gasteiger partial charge in [-0.25, -0.2) is 14.8 Å². The Morgan fingerprint density at radius 2 is 1.84 bits per heavy atom. The third-order valence-corrected chi connectivity index (χ3v) is 9.20. The van der Waals surface area contributed by atoms with Crippen LogP contribution in [0.4, 0.5) is 0 Å². The summed E-state index contributed by atoms with van der Waals surface area (Å²) in [4.78, 5) is 23.4. The first kappa shape index (κ1) is 29.8. The maximum Gasteiger partial charge on any atom is 0.339 e. The van der Waals surface area contributed by atoms with E-state index in [1.807, 2.05) is 58.9 Å². The molecule has 43 heavy (non-hydrogen) atoms. The summed E-state index contributed by atoms with van der Waals surface area (Å²) in [5, 5.41) is 5.03. The zero-order valence-corrected chi connectivity index (χ0v) is 27.0. The number of benzene rings is 3. The van der Waals surface area contributed by atoms with E-state index in [1.54, 1.807) is 11.3 Å². The lowest BCUT2D eigenvalue weighted by Gasteiger charge is -2.29. The predicted molar refractivity (Wildman–Crippen MR) is 175 cm³/mol. The summed E-state index contributed by atoms with van der Waals surface area (Å²) < 4.78 is 15.3. The first-order valence-corrected chi connectivity index (χ1v) is 16.0. The number of nitrogens with one attached hydrogen (secondary N) is 1. The van der Waals surface area contributed by atoms with Crippen LogP contribution in [0.15, 0.2) is 48.5 Å². The fourth-order valence-corrected chi connectivity index (χ4v) is 7.29. The lowest BCUT2D eigenvalue weighted by molar-refractivity contribution is -0.166. The molecular weight excluding hydrogens is 580 g/mol. The van der Waals surface area contributed by atoms with E-state index in [0.29, 0.717) is 11.1 Å². The van der Waals surface area contributed by atoms with Crippen molar-refractivity contribution in [2.45, 2.75) is 65.7 Å². The van der Waals surface area contributed by atoms with Crippen molar-refractivity contribution in [1.82, 2.24) is 19.9 Å². The highest BCUT2D eigenvalue weighted by atomic mass is 35.5. The summed E-state index contributed by atoms with van der Waals surface area (Å²) >= 11 is 7.92. The van der Waals surface area contributed by atoms with Gasteiger partial charge in [0.05, 0.1) is 33.5 Å². The number of thiazole rings is 1. The Morgan fingerprint density at radius 3 is 2.51 bits per heavy atom. The molecule has 0 spiro atoms. The Morgan fingerprint density at radius 1 is 1.09 bits per heavy atom. The average Bonchev–Trinajstić information content (AvgIpc) is 3.69. The Bertz CT molecular complexity index is 1810. The molecule has 3 aromatic carbocycles. The minimum Gasteiger partial charge on any atom is -0.464 e. The number of carbonyl (C=O) groups excluding carboxylic acids is 1. The van der Waals surface area contributed by atoms with E-state index in [9.17, 15) is 4.79 Å². The van der Waals surface area contributed by atoms with Gasteiger partial charge in [-0.15, -0.1) is 11.3 Å². The molecule has 7 nitrogen and oxygen atoms in total. The van der Waals surface area contributed by atoms with Crippen LogP contribution in [-0.4, -0.2) is 45.8 Å². The van der Waals surface area contributed by atoms with Crippen molar-refractivity contribution in [3.8, 4) is 21.7 Å². The summed E-state index contributed by atoms with van der Waals surface area (Å²) in [7, 11) is 0. The van der Waals surface area contributed by atoms with Crippen LogP contribution < -0.4 is 5.32 Å². The molecule has 9 heteroatoms. The van der Waals surface area contributed by atoms with Crippen molar-refractivity contribution in [2.75, 3.05) is 19.7 Å². The molecule has 6 rings (SSSR count). The Balaban J connectivity index is 1.57. The highest BCUT2D eigenvalue weighted by molar-refractivity contribution is 7.22. The van der Waals surface area contributed by atoms with Crippen LogP contribution in [0, 0.1) is 13.8 Å². The minimum absolute atomic E-state index is 0.264. The molecule has 1 aliphatic rings. The van der Waals surface area contributed by atoms with Gasteiger partial charge in [0.2, 0.25) is 0 Å². The van der Waals surface area contributed by atoms with Crippen molar-refractivity contribution in [3.05, 3.63) is 70.5 Å². The number of aryl methyl sites for hydroxylation is 2. The van der Waals surface area contributed by atoms with Crippen LogP contribution in [0.5, 0.6) is 0 Å². The second-order valence-corrected chi connectivity index (χ2v) is 13.5. The number of halogens is 1. The van der Waals surface area contributed by atoms with Gasteiger partial charge in [0, 0.05) is 34.3 Å². The molecule has 2 atom stereocenters. The van der Waals surface area contributed by atoms with E-state index < -0.39 is 17.7 Å². The molecule has 5 aromatic rings. The lowest BCUT2D eigenvalue weighted by atomic mass is 9.91. The number of hydrogen-bond donors (Lipinski definition) is 1. The van der Waals surface area contributed by atoms with Gasteiger partial charge in [0.25, 0.3) is 0 Å². The van der Waals surface area contributed by atoms with E-state index in [1.165, 1.54) is 0 Å². The number of nitrogens with zero attached hydrogens (tertiary/aromatic N) is 3. The highest BCUT2D eigenvalue weighted by Gasteiger charge is 2.33. The quantitative estimate of drug-likeness (QED) is 0.186. The fraction of sp³-hybridized carbons (Fsp3) is 0.382. The summed E-state index contributed by atoms with van der Waals surface area (Å²) in [6.45, 7) is 14.0. The molecule has 0 aliphatic carbocycles. The SMILES string of the molecule is CCOC(=O)[C@@H](OC(C)(C)C)c1c(C)cc2nc(-c3ccc4nc(C)n([C@@H]5CCNC5)c4c3)sc2c1-c1ccc(Cl)cc1. The first-order valence-electron chi connectivity index (χ1n) is 14.8. The summed E-state index contributed by atoms with van der Waals surface area (Å²) in [5.74, 6) is 0.620. The number of carbonyl (C=O) groups is 1. The van der Waals surface area contributed by atoms with E-state index in [2.05, 4.69) is 41.1 Å². The van der Waals surface area contributed by atoms with Crippen LogP contribution in [0.1, 0.15) is 63.2 Å². The lowest BCUT2D eigenvalue weighted by Crippen LogP contribution is -2.29. The molecular formula is C34H37ClN4O3S. The summed E-state index contributed by atoms with van der Waals surface area (Å²) in [6.07, 6.45) is 0.178. The maximum atomic E-state index is 13.4. The number of ether oxygens (including phenoxy) is 2. The normalized spacial score (nSPS) is 16.3. The molecule has 1 fully saturated rings. The van der Waals surface area contributed by atoms with Crippen molar-refractivity contribution < 1.29 is 14.3 Å². The number of imidazole rings is 1. The van der Waals surface area contributed by atoms with Gasteiger partial charge in [-0.2, -0.15) is 0 Å². The van der Waals surface area contributed by atoms with Gasteiger partial charge in [0.15, 0.2) is 6.10 Å². The smallest absolute Gasteiger partial charge is 0.339 e. The Kier molecular flexibility index (Phi) is 8.07. The first-order chi connectivity index (χ1) is 20.5. The molecule has 2 aromatic heterocycles. The van der Waals surface area contributed by atoms with Gasteiger partial charge in [-0.3, -0.25) is 0 Å². The maximum absolute atomic E-state index is 13.4. The van der Waals surface area contributed by atoms with Crippen molar-refractivity contribution in [1.29, 1.82) is 0 Å². The van der Waals surface area contributed by atoms with Gasteiger partial charge >= 0.3 is 5.97 Å². The van der Waals surface area contributed by atoms with Crippen molar-refractivity contribution >= 4 is 50.2 Å². The molecule has 3 heterocycles. The third-order valence-electron chi connectivity index (χ3n) is 7.81. The minimum atomic E-state index is -0.908. The monoisotopic (exact) mass is 616 g/mol. The molecule has 0 saturated carbocycles. The average molecular weight is 617 g/mol. The van der Waals surface area contributed by atoms with Crippen molar-refractivity contribution in [3.63, 3.8) is 0 Å². The summed E-state index contributed by atoms with van der Waals surface area (Å²) in [6, 6.07) is 16.6. The number of aromatic nitrogens is 3. The third kappa shape index (κ3) is 5.81. The molecule has 224 valence electrons. The Labute approximate surface area is 261 Å².